The number of hydrogen-bond donors (Lipinski definition) is 0. The summed E-state index contributed by atoms with van der Waals surface area (Å²) >= 11 is 13.8. The van der Waals surface area contributed by atoms with Gasteiger partial charge in [-0.2, -0.15) is 0 Å². The lowest BCUT2D eigenvalue weighted by atomic mass is 9.85. The van der Waals surface area contributed by atoms with Crippen molar-refractivity contribution in [3.8, 4) is 11.3 Å². The van der Waals surface area contributed by atoms with Gasteiger partial charge in [0.05, 0.1) is 15.6 Å². The van der Waals surface area contributed by atoms with Crippen LogP contribution in [0, 0.1) is 5.92 Å². The lowest BCUT2D eigenvalue weighted by Crippen LogP contribution is -2.44. The van der Waals surface area contributed by atoms with Crippen LogP contribution in [-0.4, -0.2) is 22.0 Å². The van der Waals surface area contributed by atoms with Crippen LogP contribution < -0.4 is 0 Å². The Morgan fingerprint density at radius 1 is 1.06 bits per heavy atom. The van der Waals surface area contributed by atoms with E-state index < -0.39 is 0 Å². The first kappa shape index (κ1) is 23.3. The van der Waals surface area contributed by atoms with E-state index in [1.165, 1.54) is 18.2 Å². The largest absolute Gasteiger partial charge is 0.457 e. The number of para-hydroxylation sites is 1. The molecule has 1 aliphatic carbocycles. The lowest BCUT2D eigenvalue weighted by molar-refractivity contribution is -0.124. The molecule has 2 aromatic carbocycles. The summed E-state index contributed by atoms with van der Waals surface area (Å²) in [6.45, 7) is 2.23. The number of hydrogen-bond acceptors (Lipinski definition) is 4. The summed E-state index contributed by atoms with van der Waals surface area (Å²) in [5.74, 6) is 1.64. The SMILES string of the molecule is C[C@H]1CCCC[C@H]1N1C(=O)/C(=C/c2ccc(-c3ccc(Cl)cc3Cl)o2)SC1=Nc1ccccc1. The van der Waals surface area contributed by atoms with E-state index in [0.717, 1.165) is 35.7 Å². The summed E-state index contributed by atoms with van der Waals surface area (Å²) in [4.78, 5) is 21.0. The third kappa shape index (κ3) is 4.83. The highest BCUT2D eigenvalue weighted by Crippen LogP contribution is 2.40. The van der Waals surface area contributed by atoms with Crippen molar-refractivity contribution in [2.24, 2.45) is 10.9 Å². The van der Waals surface area contributed by atoms with Crippen LogP contribution >= 0.6 is 35.0 Å². The molecule has 2 fully saturated rings. The third-order valence-corrected chi connectivity index (χ3v) is 7.84. The van der Waals surface area contributed by atoms with Crippen molar-refractivity contribution in [1.82, 2.24) is 4.90 Å². The van der Waals surface area contributed by atoms with Crippen LogP contribution in [0.25, 0.3) is 17.4 Å². The van der Waals surface area contributed by atoms with Gasteiger partial charge in [-0.15, -0.1) is 0 Å². The Kier molecular flexibility index (Phi) is 6.87. The maximum absolute atomic E-state index is 13.6. The smallest absolute Gasteiger partial charge is 0.267 e. The topological polar surface area (TPSA) is 45.8 Å². The van der Waals surface area contributed by atoms with Crippen LogP contribution in [0.2, 0.25) is 10.0 Å². The third-order valence-electron chi connectivity index (χ3n) is 6.31. The Hall–Kier alpha value is -2.47. The molecule has 1 saturated carbocycles. The normalized spacial score (nSPS) is 23.3. The first-order valence-corrected chi connectivity index (χ1v) is 13.0. The van der Waals surface area contributed by atoms with Gasteiger partial charge in [0.1, 0.15) is 11.5 Å². The van der Waals surface area contributed by atoms with Gasteiger partial charge in [0, 0.05) is 22.7 Å². The zero-order chi connectivity index (χ0) is 23.7. The number of carbonyl (C=O) groups is 1. The summed E-state index contributed by atoms with van der Waals surface area (Å²) in [7, 11) is 0. The quantitative estimate of drug-likeness (QED) is 0.330. The number of aliphatic imine (C=N–C) groups is 1. The summed E-state index contributed by atoms with van der Waals surface area (Å²) in [6, 6.07) is 18.9. The Balaban J connectivity index is 1.48. The average molecular weight is 511 g/mol. The van der Waals surface area contributed by atoms with Crippen molar-refractivity contribution in [3.63, 3.8) is 0 Å². The Morgan fingerprint density at radius 3 is 2.62 bits per heavy atom. The number of thioether (sulfide) groups is 1. The molecule has 4 nitrogen and oxygen atoms in total. The fraction of sp³-hybridized carbons (Fsp3) is 0.259. The van der Waals surface area contributed by atoms with Crippen molar-refractivity contribution >= 4 is 57.8 Å². The minimum atomic E-state index is -0.0130. The Bertz CT molecular complexity index is 1270. The summed E-state index contributed by atoms with van der Waals surface area (Å²) < 4.78 is 6.03. The van der Waals surface area contributed by atoms with Gasteiger partial charge >= 0.3 is 0 Å². The van der Waals surface area contributed by atoms with Gasteiger partial charge in [0.15, 0.2) is 5.17 Å². The maximum atomic E-state index is 13.6. The van der Waals surface area contributed by atoms with E-state index in [1.807, 2.05) is 53.4 Å². The summed E-state index contributed by atoms with van der Waals surface area (Å²) in [5, 5.41) is 1.81. The van der Waals surface area contributed by atoms with Crippen molar-refractivity contribution < 1.29 is 9.21 Å². The monoisotopic (exact) mass is 510 g/mol. The Morgan fingerprint density at radius 2 is 1.85 bits per heavy atom. The Labute approximate surface area is 213 Å². The van der Waals surface area contributed by atoms with Crippen molar-refractivity contribution in [2.75, 3.05) is 0 Å². The maximum Gasteiger partial charge on any atom is 0.267 e. The molecule has 1 aliphatic heterocycles. The van der Waals surface area contributed by atoms with E-state index >= 15 is 0 Å². The second-order valence-corrected chi connectivity index (χ2v) is 10.5. The van der Waals surface area contributed by atoms with Crippen LogP contribution in [0.4, 0.5) is 5.69 Å². The molecule has 2 atom stereocenters. The number of carbonyl (C=O) groups excluding carboxylic acids is 1. The van der Waals surface area contributed by atoms with Gasteiger partial charge in [-0.25, -0.2) is 4.99 Å². The number of furan rings is 1. The lowest BCUT2D eigenvalue weighted by Gasteiger charge is -2.35. The van der Waals surface area contributed by atoms with Gasteiger partial charge in [-0.1, -0.05) is 61.2 Å². The summed E-state index contributed by atoms with van der Waals surface area (Å²) in [5.41, 5.74) is 1.59. The van der Waals surface area contributed by atoms with E-state index in [0.29, 0.717) is 32.4 Å². The number of benzene rings is 2. The molecule has 1 saturated heterocycles. The minimum Gasteiger partial charge on any atom is -0.457 e. The molecule has 0 radical (unpaired) electrons. The molecular weight excluding hydrogens is 487 g/mol. The van der Waals surface area contributed by atoms with Gasteiger partial charge in [0.25, 0.3) is 5.91 Å². The van der Waals surface area contributed by atoms with Crippen molar-refractivity contribution in [3.05, 3.63) is 81.4 Å². The molecule has 3 aromatic rings. The number of rotatable bonds is 4. The fourth-order valence-electron chi connectivity index (χ4n) is 4.54. The zero-order valence-electron chi connectivity index (χ0n) is 18.7. The van der Waals surface area contributed by atoms with Crippen molar-refractivity contribution in [2.45, 2.75) is 38.6 Å². The molecule has 1 amide bonds. The molecule has 34 heavy (non-hydrogen) atoms. The van der Waals surface area contributed by atoms with Gasteiger partial charge in [-0.05, 0) is 73.0 Å². The molecule has 0 bridgehead atoms. The van der Waals surface area contributed by atoms with E-state index in [9.17, 15) is 4.79 Å². The standard InChI is InChI=1S/C27H24Cl2N2O2S/c1-17-7-5-6-10-23(17)31-26(32)25(34-27(31)30-19-8-3-2-4-9-19)16-20-12-14-24(33-20)21-13-11-18(28)15-22(21)29/h2-4,8-9,11-17,23H,5-7,10H2,1H3/b25-16-,30-27?/t17-,23+/m0/s1. The van der Waals surface area contributed by atoms with Crippen molar-refractivity contribution in [1.29, 1.82) is 0 Å². The first-order valence-electron chi connectivity index (χ1n) is 11.4. The zero-order valence-corrected chi connectivity index (χ0v) is 21.0. The highest BCUT2D eigenvalue weighted by molar-refractivity contribution is 8.18. The van der Waals surface area contributed by atoms with E-state index in [4.69, 9.17) is 32.6 Å². The minimum absolute atomic E-state index is 0.0130. The molecule has 1 aromatic heterocycles. The molecule has 2 aliphatic rings. The molecule has 174 valence electrons. The van der Waals surface area contributed by atoms with Crippen LogP contribution in [0.1, 0.15) is 38.4 Å². The highest BCUT2D eigenvalue weighted by Gasteiger charge is 2.41. The molecule has 0 N–H and O–H groups in total. The van der Waals surface area contributed by atoms with Gasteiger partial charge in [0.2, 0.25) is 0 Å². The number of amidine groups is 1. The predicted octanol–water partition coefficient (Wildman–Crippen LogP) is 8.44. The van der Waals surface area contributed by atoms with Crippen LogP contribution in [-0.2, 0) is 4.79 Å². The first-order chi connectivity index (χ1) is 16.5. The van der Waals surface area contributed by atoms with Crippen LogP contribution in [0.3, 0.4) is 0 Å². The van der Waals surface area contributed by atoms with Gasteiger partial charge in [-0.3, -0.25) is 9.69 Å². The predicted molar refractivity (Wildman–Crippen MR) is 142 cm³/mol. The molecule has 0 spiro atoms. The average Bonchev–Trinajstić information content (AvgIpc) is 3.40. The number of nitrogens with zero attached hydrogens (tertiary/aromatic N) is 2. The second-order valence-electron chi connectivity index (χ2n) is 8.67. The van der Waals surface area contributed by atoms with Gasteiger partial charge < -0.3 is 4.42 Å². The fourth-order valence-corrected chi connectivity index (χ4v) is 6.07. The number of halogens is 2. The molecular formula is C27H24Cl2N2O2S. The molecule has 0 unspecified atom stereocenters. The van der Waals surface area contributed by atoms with Crippen LogP contribution in [0.15, 0.2) is 75.0 Å². The second kappa shape index (κ2) is 10.0. The summed E-state index contributed by atoms with van der Waals surface area (Å²) in [6.07, 6.45) is 6.26. The van der Waals surface area contributed by atoms with Crippen LogP contribution in [0.5, 0.6) is 0 Å². The molecule has 7 heteroatoms. The molecule has 2 heterocycles. The van der Waals surface area contributed by atoms with E-state index in [2.05, 4.69) is 6.92 Å². The van der Waals surface area contributed by atoms with E-state index in [1.54, 1.807) is 18.2 Å². The number of amides is 1. The van der Waals surface area contributed by atoms with E-state index in [-0.39, 0.29) is 11.9 Å². The highest BCUT2D eigenvalue weighted by atomic mass is 35.5. The molecule has 5 rings (SSSR count).